The molecule has 8 aromatic heterocycles. The minimum atomic E-state index is -1.73. The third-order valence-electron chi connectivity index (χ3n) is 26.5. The van der Waals surface area contributed by atoms with Gasteiger partial charge in [0, 0.05) is 104 Å². The van der Waals surface area contributed by atoms with E-state index in [1.54, 1.807) is 36.4 Å². The number of nitrogens with zero attached hydrogens (tertiary/aromatic N) is 6. The molecule has 128 heavy (non-hydrogen) atoms. The number of fused-ring (bicyclic) bond motifs is 18. The Labute approximate surface area is 730 Å². The molecule has 0 spiro atoms. The van der Waals surface area contributed by atoms with Crippen LogP contribution in [-0.2, 0) is 4.57 Å². The van der Waals surface area contributed by atoms with Gasteiger partial charge in [-0.25, -0.2) is 0 Å². The van der Waals surface area contributed by atoms with E-state index in [0.29, 0.717) is 115 Å². The Morgan fingerprint density at radius 3 is 0.859 bits per heavy atom. The molecule has 0 bridgehead atoms. The molecule has 610 valence electrons. The summed E-state index contributed by atoms with van der Waals surface area (Å²) in [5.41, 5.74) is 22.3. The van der Waals surface area contributed by atoms with Crippen molar-refractivity contribution in [3.63, 3.8) is 0 Å². The Morgan fingerprint density at radius 1 is 0.242 bits per heavy atom. The molecule has 24 aromatic rings. The number of benzene rings is 16. The van der Waals surface area contributed by atoms with Gasteiger partial charge in [-0.3, -0.25) is 33.6 Å². The second-order valence-corrected chi connectivity index (χ2v) is 36.1. The van der Waals surface area contributed by atoms with Crippen LogP contribution < -0.4 is 59.3 Å². The van der Waals surface area contributed by atoms with E-state index in [1.807, 2.05) is 239 Å². The van der Waals surface area contributed by atoms with Crippen molar-refractivity contribution in [2.24, 2.45) is 0 Å². The average Bonchev–Trinajstić information content (AvgIpc) is 0.713. The Kier molecular flexibility index (Phi) is 17.7. The molecule has 0 aliphatic carbocycles. The predicted octanol–water partition coefficient (Wildman–Crippen LogP) is 22.6. The van der Waals surface area contributed by atoms with Gasteiger partial charge >= 0.3 is 7.41 Å². The SMILES string of the molecule is CC(C)c1cc(C(C)C)c(B2c3ccccc3N(c3ccc4c(=O)c5cccc6c(=O)c7ccccc7n(c4c3)c65)c3ccccc32)c(C(C)C)c1.O=c1c2ccccc2n(-c2ccc3c(=O)c4cccc5c(=O)c6ccccc6n(c3c2)c54)c2ccccc12.O=c1c2ccccc2n2c3cc(-n4c5ccccc5[p+](=O)c5ccccc54)ccc3c(=O)c3cccc1c32. The lowest BCUT2D eigenvalue weighted by atomic mass is 9.33. The highest BCUT2D eigenvalue weighted by atomic mass is 31.1. The molecule has 25 rings (SSSR count). The van der Waals surface area contributed by atoms with Crippen LogP contribution >= 0.6 is 7.41 Å². The summed E-state index contributed by atoms with van der Waals surface area (Å²) in [7, 11) is -1.73. The first-order valence-corrected chi connectivity index (χ1v) is 44.6. The number of hydrogen-bond acceptors (Lipinski definition) is 9. The van der Waals surface area contributed by atoms with Gasteiger partial charge in [-0.15, -0.1) is 0 Å². The van der Waals surface area contributed by atoms with Crippen molar-refractivity contribution in [2.45, 2.75) is 59.3 Å². The van der Waals surface area contributed by atoms with E-state index >= 15 is 0 Å². The Balaban J connectivity index is 0.000000112. The lowest BCUT2D eigenvalue weighted by Gasteiger charge is -2.39. The van der Waals surface area contributed by atoms with Gasteiger partial charge in [-0.1, -0.05) is 203 Å². The number of aromatic nitrogens is 5. The number of pyridine rings is 7. The number of hydrogen-bond donors (Lipinski definition) is 0. The predicted molar refractivity (Wildman–Crippen MR) is 532 cm³/mol. The van der Waals surface area contributed by atoms with Crippen molar-refractivity contribution >= 4 is 205 Å². The molecule has 0 saturated carbocycles. The summed E-state index contributed by atoms with van der Waals surface area (Å²) in [6.45, 7) is 13.9. The van der Waals surface area contributed by atoms with E-state index in [1.165, 1.54) is 33.1 Å². The van der Waals surface area contributed by atoms with Crippen molar-refractivity contribution in [2.75, 3.05) is 4.90 Å². The highest BCUT2D eigenvalue weighted by Crippen LogP contribution is 2.43. The van der Waals surface area contributed by atoms with Gasteiger partial charge in [-0.2, -0.15) is 0 Å². The summed E-state index contributed by atoms with van der Waals surface area (Å²) < 4.78 is 23.8. The molecule has 0 fully saturated rings. The van der Waals surface area contributed by atoms with Gasteiger partial charge in [0.05, 0.1) is 60.7 Å². The summed E-state index contributed by atoms with van der Waals surface area (Å²) in [4.78, 5) is 97.7. The molecular weight excluding hydrogens is 1600 g/mol. The molecule has 0 unspecified atom stereocenters. The van der Waals surface area contributed by atoms with Crippen molar-refractivity contribution < 1.29 is 4.57 Å². The standard InChI is InChI=1S/C47H41BN2O2.C33H18N2O3.C32H18N2O3P/c1-27(2)30-24-36(28(3)4)44(37(25-30)29(5)6)48-38-17-8-11-20-41(38)49(42-21-12-9-18-39(42)48)31-22-23-33-43(26-31)50-40-19-10-7-14-32(40)46(51)34-15-13-16-35(45(34)50)47(33)52;36-31-20-8-1-4-13-26(20)34(27-14-5-2-9-21(27)31)19-16-17-23-29(18-19)35-28-15-6-3-10-22(28)32(37)24-11-7-12-25(30(24)35)33(23)38;35-31-20-8-1-2-11-24(20)34-27-18-19(16-17-21(27)32(36)23-10-7-9-22(31)30(23)34)33-25-12-3-5-14-28(25)38(37)29-15-6-4-13-26(29)33/h7-29H,1-6H3;2*1-18H/q;;+1. The molecule has 0 amide bonds. The summed E-state index contributed by atoms with van der Waals surface area (Å²) in [6.07, 6.45) is 0. The lowest BCUT2D eigenvalue weighted by molar-refractivity contribution is 0.602. The van der Waals surface area contributed by atoms with Crippen LogP contribution in [0.15, 0.2) is 373 Å². The molecule has 16 aromatic carbocycles. The quantitative estimate of drug-likeness (QED) is 0.0858. The molecular formula is C112H77BN6O8P+. The third kappa shape index (κ3) is 11.3. The van der Waals surface area contributed by atoms with E-state index in [2.05, 4.69) is 133 Å². The second kappa shape index (κ2) is 29.4. The molecule has 1 aliphatic heterocycles. The number of para-hydroxylation sites is 12. The zero-order valence-corrected chi connectivity index (χ0v) is 71.4. The van der Waals surface area contributed by atoms with Crippen molar-refractivity contribution in [3.05, 3.63) is 428 Å². The van der Waals surface area contributed by atoms with Crippen LogP contribution in [0.1, 0.15) is 76.0 Å². The average molecular weight is 1680 g/mol. The highest BCUT2D eigenvalue weighted by Gasteiger charge is 2.39. The molecule has 0 atom stereocenters. The molecule has 16 heteroatoms. The Hall–Kier alpha value is -15.8. The van der Waals surface area contributed by atoms with Crippen LogP contribution in [0.4, 0.5) is 17.1 Å². The summed E-state index contributed by atoms with van der Waals surface area (Å²) in [5, 5.41) is 9.62. The molecule has 14 nitrogen and oxygen atoms in total. The van der Waals surface area contributed by atoms with E-state index < -0.39 is 7.41 Å². The highest BCUT2D eigenvalue weighted by molar-refractivity contribution is 7.49. The maximum atomic E-state index is 14.1. The topological polar surface area (TPSA) is 163 Å². The first-order valence-electron chi connectivity index (χ1n) is 43.3. The maximum absolute atomic E-state index is 14.1. The van der Waals surface area contributed by atoms with Gasteiger partial charge in [0.15, 0.2) is 38.0 Å². The number of anilines is 3. The van der Waals surface area contributed by atoms with Gasteiger partial charge < -0.3 is 27.2 Å². The number of rotatable bonds is 7. The smallest absolute Gasteiger partial charge is 0.311 e. The van der Waals surface area contributed by atoms with E-state index in [4.69, 9.17) is 0 Å². The fourth-order valence-corrected chi connectivity index (χ4v) is 22.2. The largest absolute Gasteiger partial charge is 0.419 e. The molecule has 0 saturated heterocycles. The van der Waals surface area contributed by atoms with E-state index in [0.717, 1.165) is 88.3 Å². The normalized spacial score (nSPS) is 12.4. The van der Waals surface area contributed by atoms with Crippen LogP contribution in [0.5, 0.6) is 0 Å². The summed E-state index contributed by atoms with van der Waals surface area (Å²) in [6, 6.07) is 110. The van der Waals surface area contributed by atoms with Crippen LogP contribution in [0, 0.1) is 0 Å². The Morgan fingerprint density at radius 2 is 0.508 bits per heavy atom. The molecule has 0 radical (unpaired) electrons. The minimum absolute atomic E-state index is 0.0115. The van der Waals surface area contributed by atoms with Crippen molar-refractivity contribution in [1.29, 1.82) is 0 Å². The zero-order chi connectivity index (χ0) is 87.1. The Bertz CT molecular complexity index is 8940. The lowest BCUT2D eigenvalue weighted by Crippen LogP contribution is -2.59. The molecule has 1 aliphatic rings. The van der Waals surface area contributed by atoms with Crippen LogP contribution in [0.25, 0.3) is 169 Å². The summed E-state index contributed by atoms with van der Waals surface area (Å²) in [5.74, 6) is 1.15. The monoisotopic (exact) mass is 1680 g/mol. The molecule has 0 N–H and O–H groups in total. The van der Waals surface area contributed by atoms with E-state index in [9.17, 15) is 38.1 Å². The van der Waals surface area contributed by atoms with E-state index in [-0.39, 0.29) is 44.7 Å². The van der Waals surface area contributed by atoms with Crippen molar-refractivity contribution in [1.82, 2.24) is 22.3 Å². The second-order valence-electron chi connectivity index (χ2n) is 34.5. The van der Waals surface area contributed by atoms with Crippen molar-refractivity contribution in [3.8, 4) is 11.4 Å². The minimum Gasteiger partial charge on any atom is -0.311 e. The third-order valence-corrected chi connectivity index (χ3v) is 28.1. The van der Waals surface area contributed by atoms with Gasteiger partial charge in [0.2, 0.25) is 16.9 Å². The molecule has 9 heterocycles. The maximum Gasteiger partial charge on any atom is 0.419 e. The fraction of sp³-hybridized carbons (Fsp3) is 0.0804. The van der Waals surface area contributed by atoms with Gasteiger partial charge in [0.1, 0.15) is 11.0 Å². The summed E-state index contributed by atoms with van der Waals surface area (Å²) >= 11 is 0. The first-order chi connectivity index (χ1) is 62.4. The first kappa shape index (κ1) is 77.0. The fourth-order valence-electron chi connectivity index (χ4n) is 20.7. The zero-order valence-electron chi connectivity index (χ0n) is 70.5. The van der Waals surface area contributed by atoms with Crippen LogP contribution in [0.2, 0.25) is 0 Å². The van der Waals surface area contributed by atoms with Crippen LogP contribution in [0.3, 0.4) is 0 Å². The van der Waals surface area contributed by atoms with Gasteiger partial charge in [0.25, 0.3) is 0 Å². The van der Waals surface area contributed by atoms with Gasteiger partial charge in [-0.05, 0) is 233 Å². The van der Waals surface area contributed by atoms with Crippen LogP contribution in [-0.4, -0.2) is 29.0 Å².